The molecule has 0 heterocycles. The van der Waals surface area contributed by atoms with Crippen molar-refractivity contribution in [2.75, 3.05) is 6.61 Å². The molecular weight excluding hydrogens is 172 g/mol. The molecular formula is C13H16O. The van der Waals surface area contributed by atoms with Crippen LogP contribution < -0.4 is 4.74 Å². The van der Waals surface area contributed by atoms with Crippen LogP contribution in [0.4, 0.5) is 0 Å². The molecule has 0 fully saturated rings. The van der Waals surface area contributed by atoms with Gasteiger partial charge in [0.2, 0.25) is 0 Å². The van der Waals surface area contributed by atoms with Crippen molar-refractivity contribution in [1.82, 2.24) is 0 Å². The van der Waals surface area contributed by atoms with Crippen molar-refractivity contribution in [2.45, 2.75) is 26.7 Å². The van der Waals surface area contributed by atoms with E-state index < -0.39 is 0 Å². The van der Waals surface area contributed by atoms with Crippen LogP contribution in [0.25, 0.3) is 0 Å². The summed E-state index contributed by atoms with van der Waals surface area (Å²) in [6.07, 6.45) is 2.20. The average Bonchev–Trinajstić information content (AvgIpc) is 2.21. The van der Waals surface area contributed by atoms with Crippen LogP contribution in [-0.4, -0.2) is 6.61 Å². The molecule has 0 N–H and O–H groups in total. The Balaban J connectivity index is 2.67. The molecule has 0 atom stereocenters. The van der Waals surface area contributed by atoms with Crippen LogP contribution in [0, 0.1) is 11.8 Å². The number of rotatable bonds is 4. The second-order valence-corrected chi connectivity index (χ2v) is 3.07. The second-order valence-electron chi connectivity index (χ2n) is 3.07. The Hall–Kier alpha value is -1.42. The van der Waals surface area contributed by atoms with Crippen molar-refractivity contribution in [3.63, 3.8) is 0 Å². The normalized spacial score (nSPS) is 9.00. The number of aryl methyl sites for hydroxylation is 1. The zero-order valence-corrected chi connectivity index (χ0v) is 8.84. The summed E-state index contributed by atoms with van der Waals surface area (Å²) in [5, 5.41) is 0. The molecule has 0 aromatic heterocycles. The quantitative estimate of drug-likeness (QED) is 0.660. The monoisotopic (exact) mass is 188 g/mol. The topological polar surface area (TPSA) is 9.23 Å². The smallest absolute Gasteiger partial charge is 0.149 e. The minimum Gasteiger partial charge on any atom is -0.481 e. The lowest BCUT2D eigenvalue weighted by molar-refractivity contribution is 0.366. The first kappa shape index (κ1) is 10.7. The van der Waals surface area contributed by atoms with Crippen molar-refractivity contribution < 1.29 is 4.74 Å². The fourth-order valence-electron chi connectivity index (χ4n) is 1.31. The second kappa shape index (κ2) is 6.10. The van der Waals surface area contributed by atoms with E-state index in [0.717, 1.165) is 18.6 Å². The maximum absolute atomic E-state index is 5.56. The highest BCUT2D eigenvalue weighted by Gasteiger charge is 1.99. The van der Waals surface area contributed by atoms with Gasteiger partial charge in [0, 0.05) is 0 Å². The summed E-state index contributed by atoms with van der Waals surface area (Å²) in [5.41, 5.74) is 1.27. The van der Waals surface area contributed by atoms with E-state index >= 15 is 0 Å². The molecule has 1 nitrogen and oxygen atoms in total. The van der Waals surface area contributed by atoms with Gasteiger partial charge < -0.3 is 4.74 Å². The molecule has 1 rings (SSSR count). The molecule has 0 spiro atoms. The fraction of sp³-hybridized carbons (Fsp3) is 0.385. The minimum atomic E-state index is 0.483. The lowest BCUT2D eigenvalue weighted by Gasteiger charge is -2.07. The van der Waals surface area contributed by atoms with Gasteiger partial charge in [0.15, 0.2) is 0 Å². The van der Waals surface area contributed by atoms with Gasteiger partial charge >= 0.3 is 0 Å². The molecule has 0 amide bonds. The van der Waals surface area contributed by atoms with E-state index in [0.29, 0.717) is 6.61 Å². The molecule has 0 bridgehead atoms. The van der Waals surface area contributed by atoms with E-state index in [2.05, 4.69) is 24.8 Å². The Morgan fingerprint density at radius 1 is 1.29 bits per heavy atom. The Morgan fingerprint density at radius 3 is 2.79 bits per heavy atom. The van der Waals surface area contributed by atoms with Crippen LogP contribution in [0.1, 0.15) is 25.8 Å². The average molecular weight is 188 g/mol. The molecule has 0 unspecified atom stereocenters. The summed E-state index contributed by atoms with van der Waals surface area (Å²) in [6, 6.07) is 8.15. The van der Waals surface area contributed by atoms with Crippen LogP contribution in [0.3, 0.4) is 0 Å². The number of ether oxygens (including phenoxy) is 1. The first-order valence-electron chi connectivity index (χ1n) is 4.98. The van der Waals surface area contributed by atoms with Crippen LogP contribution in [-0.2, 0) is 6.42 Å². The van der Waals surface area contributed by atoms with Crippen molar-refractivity contribution in [3.05, 3.63) is 29.8 Å². The van der Waals surface area contributed by atoms with E-state index in [1.54, 1.807) is 0 Å². The van der Waals surface area contributed by atoms with Gasteiger partial charge in [-0.2, -0.15) is 0 Å². The van der Waals surface area contributed by atoms with Crippen molar-refractivity contribution >= 4 is 0 Å². The van der Waals surface area contributed by atoms with E-state index in [9.17, 15) is 0 Å². The predicted octanol–water partition coefficient (Wildman–Crippen LogP) is 3.04. The molecule has 0 radical (unpaired) electrons. The van der Waals surface area contributed by atoms with Crippen molar-refractivity contribution in [3.8, 4) is 17.6 Å². The Kier molecular flexibility index (Phi) is 4.64. The SMILES string of the molecule is CC#CCOc1ccccc1CCC. The van der Waals surface area contributed by atoms with Crippen LogP contribution in [0.15, 0.2) is 24.3 Å². The lowest BCUT2D eigenvalue weighted by atomic mass is 10.1. The first-order chi connectivity index (χ1) is 6.88. The summed E-state index contributed by atoms with van der Waals surface area (Å²) >= 11 is 0. The van der Waals surface area contributed by atoms with E-state index in [1.807, 2.05) is 25.1 Å². The third-order valence-corrected chi connectivity index (χ3v) is 1.97. The Morgan fingerprint density at radius 2 is 2.07 bits per heavy atom. The number of hydrogen-bond donors (Lipinski definition) is 0. The van der Waals surface area contributed by atoms with Gasteiger partial charge in [-0.25, -0.2) is 0 Å². The number of hydrogen-bond acceptors (Lipinski definition) is 1. The zero-order valence-electron chi connectivity index (χ0n) is 8.84. The van der Waals surface area contributed by atoms with E-state index in [4.69, 9.17) is 4.74 Å². The number of para-hydroxylation sites is 1. The predicted molar refractivity (Wildman–Crippen MR) is 59.4 cm³/mol. The van der Waals surface area contributed by atoms with Crippen LogP contribution in [0.5, 0.6) is 5.75 Å². The molecule has 0 saturated heterocycles. The lowest BCUT2D eigenvalue weighted by Crippen LogP contribution is -1.97. The summed E-state index contributed by atoms with van der Waals surface area (Å²) in [7, 11) is 0. The molecule has 14 heavy (non-hydrogen) atoms. The molecule has 0 aliphatic heterocycles. The van der Waals surface area contributed by atoms with Crippen LogP contribution in [0.2, 0.25) is 0 Å². The minimum absolute atomic E-state index is 0.483. The fourth-order valence-corrected chi connectivity index (χ4v) is 1.31. The van der Waals surface area contributed by atoms with Gasteiger partial charge in [0.05, 0.1) is 0 Å². The zero-order chi connectivity index (χ0) is 10.2. The third-order valence-electron chi connectivity index (χ3n) is 1.97. The van der Waals surface area contributed by atoms with Gasteiger partial charge in [-0.15, -0.1) is 5.92 Å². The molecule has 0 aliphatic carbocycles. The maximum atomic E-state index is 5.56. The van der Waals surface area contributed by atoms with E-state index in [-0.39, 0.29) is 0 Å². The molecule has 74 valence electrons. The summed E-state index contributed by atoms with van der Waals surface area (Å²) < 4.78 is 5.56. The molecule has 1 heteroatoms. The molecule has 1 aromatic carbocycles. The largest absolute Gasteiger partial charge is 0.481 e. The standard InChI is InChI=1S/C13H16O/c1-3-5-11-14-13-10-7-6-9-12(13)8-4-2/h6-7,9-10H,4,8,11H2,1-2H3. The van der Waals surface area contributed by atoms with Crippen molar-refractivity contribution in [2.24, 2.45) is 0 Å². The molecule has 0 saturated carbocycles. The van der Waals surface area contributed by atoms with Crippen LogP contribution >= 0.6 is 0 Å². The molecule has 0 aliphatic rings. The Bertz CT molecular complexity index is 331. The van der Waals surface area contributed by atoms with Gasteiger partial charge in [-0.3, -0.25) is 0 Å². The highest BCUT2D eigenvalue weighted by molar-refractivity contribution is 5.33. The van der Waals surface area contributed by atoms with E-state index in [1.165, 1.54) is 5.56 Å². The number of benzene rings is 1. The highest BCUT2D eigenvalue weighted by atomic mass is 16.5. The van der Waals surface area contributed by atoms with Gasteiger partial charge in [-0.05, 0) is 25.0 Å². The Labute approximate surface area is 86.1 Å². The van der Waals surface area contributed by atoms with Gasteiger partial charge in [0.1, 0.15) is 12.4 Å². The van der Waals surface area contributed by atoms with Gasteiger partial charge in [-0.1, -0.05) is 37.5 Å². The van der Waals surface area contributed by atoms with Crippen molar-refractivity contribution in [1.29, 1.82) is 0 Å². The summed E-state index contributed by atoms with van der Waals surface area (Å²) in [6.45, 7) is 4.47. The third kappa shape index (κ3) is 3.14. The first-order valence-corrected chi connectivity index (χ1v) is 4.98. The maximum Gasteiger partial charge on any atom is 0.149 e. The highest BCUT2D eigenvalue weighted by Crippen LogP contribution is 2.19. The van der Waals surface area contributed by atoms with Gasteiger partial charge in [0.25, 0.3) is 0 Å². The summed E-state index contributed by atoms with van der Waals surface area (Å²) in [5.74, 6) is 6.68. The molecule has 1 aromatic rings. The summed E-state index contributed by atoms with van der Waals surface area (Å²) in [4.78, 5) is 0.